The van der Waals surface area contributed by atoms with Gasteiger partial charge in [-0.2, -0.15) is 0 Å². The average molecular weight is 482 g/mol. The molecule has 4 saturated carbocycles. The molecule has 0 spiro atoms. The predicted molar refractivity (Wildman–Crippen MR) is 131 cm³/mol. The number of nitrogens with one attached hydrogen (secondary N) is 2. The molecule has 1 aromatic heterocycles. The van der Waals surface area contributed by atoms with Crippen LogP contribution >= 0.6 is 11.8 Å². The number of ether oxygens (including phenoxy) is 1. The lowest BCUT2D eigenvalue weighted by Crippen LogP contribution is -2.55. The van der Waals surface area contributed by atoms with Gasteiger partial charge in [0, 0.05) is 10.9 Å². The van der Waals surface area contributed by atoms with Gasteiger partial charge in [0.05, 0.1) is 6.61 Å². The van der Waals surface area contributed by atoms with E-state index < -0.39 is 0 Å². The minimum atomic E-state index is -0.142. The molecule has 1 amide bonds. The predicted octanol–water partition coefficient (Wildman–Crippen LogP) is 5.15. The van der Waals surface area contributed by atoms with Crippen molar-refractivity contribution in [3.05, 3.63) is 36.1 Å². The summed E-state index contributed by atoms with van der Waals surface area (Å²) in [6.07, 6.45) is 9.86. The van der Waals surface area contributed by atoms with Crippen molar-refractivity contribution in [2.45, 2.75) is 67.2 Å². The van der Waals surface area contributed by atoms with E-state index in [-0.39, 0.29) is 11.9 Å². The Balaban J connectivity index is 1.17. The molecule has 34 heavy (non-hydrogen) atoms. The van der Waals surface area contributed by atoms with Crippen molar-refractivity contribution in [2.24, 2.45) is 29.6 Å². The second-order valence-corrected chi connectivity index (χ2v) is 11.9. The van der Waals surface area contributed by atoms with Crippen LogP contribution in [0.4, 0.5) is 0 Å². The summed E-state index contributed by atoms with van der Waals surface area (Å²) in [5, 5.41) is 11.0. The number of rotatable bonds is 8. The van der Waals surface area contributed by atoms with Crippen molar-refractivity contribution >= 4 is 17.7 Å². The van der Waals surface area contributed by atoms with Crippen molar-refractivity contribution < 1.29 is 14.1 Å². The zero-order valence-corrected chi connectivity index (χ0v) is 20.5. The smallest absolute Gasteiger partial charge is 0.291 e. The molecule has 4 bridgehead atoms. The quantitative estimate of drug-likeness (QED) is 0.543. The van der Waals surface area contributed by atoms with Gasteiger partial charge in [-0.3, -0.25) is 4.79 Å². The molecule has 6 nitrogen and oxygen atoms in total. The lowest BCUT2D eigenvalue weighted by atomic mass is 9.54. The van der Waals surface area contributed by atoms with Gasteiger partial charge < -0.3 is 19.9 Å². The number of carbonyl (C=O) groups excluding carboxylic acids is 1. The van der Waals surface area contributed by atoms with Crippen LogP contribution in [0.3, 0.4) is 0 Å². The molecule has 1 saturated heterocycles. The van der Waals surface area contributed by atoms with E-state index in [1.54, 1.807) is 0 Å². The molecule has 2 aromatic rings. The fourth-order valence-corrected chi connectivity index (χ4v) is 8.01. The van der Waals surface area contributed by atoms with E-state index in [0.717, 1.165) is 36.2 Å². The number of amides is 1. The first-order valence-corrected chi connectivity index (χ1v) is 13.9. The first-order valence-electron chi connectivity index (χ1n) is 13.1. The third kappa shape index (κ3) is 4.74. The number of aromatic nitrogens is 1. The van der Waals surface area contributed by atoms with E-state index in [4.69, 9.17) is 9.26 Å². The highest BCUT2D eigenvalue weighted by molar-refractivity contribution is 7.99. The molecule has 5 aliphatic rings. The number of carbonyl (C=O) groups is 1. The van der Waals surface area contributed by atoms with Crippen molar-refractivity contribution in [3.63, 3.8) is 0 Å². The summed E-state index contributed by atoms with van der Waals surface area (Å²) in [5.74, 6) is 4.27. The van der Waals surface area contributed by atoms with Crippen molar-refractivity contribution in [3.8, 4) is 5.88 Å². The molecule has 7 rings (SSSR count). The Kier molecular flexibility index (Phi) is 6.57. The molecule has 7 heteroatoms. The van der Waals surface area contributed by atoms with Crippen LogP contribution in [-0.4, -0.2) is 36.8 Å². The van der Waals surface area contributed by atoms with Gasteiger partial charge >= 0.3 is 0 Å². The molecule has 0 atom stereocenters. The van der Waals surface area contributed by atoms with Crippen molar-refractivity contribution in [1.29, 1.82) is 0 Å². The molecule has 182 valence electrons. The van der Waals surface area contributed by atoms with E-state index in [2.05, 4.69) is 15.8 Å². The van der Waals surface area contributed by atoms with Crippen LogP contribution in [0, 0.1) is 29.6 Å². The van der Waals surface area contributed by atoms with Gasteiger partial charge in [0.15, 0.2) is 0 Å². The number of hydrogen-bond donors (Lipinski definition) is 2. The molecule has 1 aromatic carbocycles. The molecule has 4 aliphatic carbocycles. The van der Waals surface area contributed by atoms with E-state index in [0.29, 0.717) is 40.9 Å². The van der Waals surface area contributed by atoms with Gasteiger partial charge in [-0.05, 0) is 111 Å². The maximum absolute atomic E-state index is 13.5. The highest BCUT2D eigenvalue weighted by Gasteiger charge is 2.49. The Hall–Kier alpha value is -1.99. The zero-order valence-electron chi connectivity index (χ0n) is 19.7. The number of nitrogens with zero attached hydrogens (tertiary/aromatic N) is 1. The second kappa shape index (κ2) is 9.94. The van der Waals surface area contributed by atoms with Crippen molar-refractivity contribution in [2.75, 3.05) is 19.7 Å². The number of piperidine rings is 1. The monoisotopic (exact) mass is 481 g/mol. The van der Waals surface area contributed by atoms with Crippen LogP contribution in [0.25, 0.3) is 0 Å². The molecule has 1 aliphatic heterocycles. The minimum absolute atomic E-state index is 0.142. The van der Waals surface area contributed by atoms with E-state index in [1.165, 1.54) is 56.7 Å². The van der Waals surface area contributed by atoms with Crippen LogP contribution < -0.4 is 15.4 Å². The Bertz CT molecular complexity index is 960. The lowest BCUT2D eigenvalue weighted by molar-refractivity contribution is -0.0124. The maximum Gasteiger partial charge on any atom is 0.291 e. The van der Waals surface area contributed by atoms with Gasteiger partial charge in [-0.15, -0.1) is 0 Å². The van der Waals surface area contributed by atoms with E-state index in [9.17, 15) is 4.79 Å². The summed E-state index contributed by atoms with van der Waals surface area (Å²) in [5.41, 5.74) is 0. The first kappa shape index (κ1) is 22.5. The SMILES string of the molecule is O=C(NC1C2CC3CC(C2)CC1C3)c1onc(OCCC2CCNCC2)c1Sc1ccccc1. The van der Waals surface area contributed by atoms with Gasteiger partial charge in [0.2, 0.25) is 5.76 Å². The molecule has 5 fully saturated rings. The van der Waals surface area contributed by atoms with Crippen LogP contribution in [0.1, 0.15) is 61.9 Å². The summed E-state index contributed by atoms with van der Waals surface area (Å²) in [7, 11) is 0. The molecule has 2 N–H and O–H groups in total. The van der Waals surface area contributed by atoms with Gasteiger partial charge in [0.25, 0.3) is 11.8 Å². The number of hydrogen-bond acceptors (Lipinski definition) is 6. The minimum Gasteiger partial charge on any atom is -0.475 e. The molecule has 2 heterocycles. The molecule has 0 unspecified atom stereocenters. The third-order valence-electron chi connectivity index (χ3n) is 8.54. The third-order valence-corrected chi connectivity index (χ3v) is 9.61. The Labute approximate surface area is 205 Å². The first-order chi connectivity index (χ1) is 16.7. The van der Waals surface area contributed by atoms with Gasteiger partial charge in [0.1, 0.15) is 4.90 Å². The molecular formula is C27H35N3O3S. The summed E-state index contributed by atoms with van der Waals surface area (Å²) in [6.45, 7) is 2.76. The second-order valence-electron chi connectivity index (χ2n) is 10.8. The van der Waals surface area contributed by atoms with Crippen LogP contribution in [0.2, 0.25) is 0 Å². The maximum atomic E-state index is 13.5. The fraction of sp³-hybridized carbons (Fsp3) is 0.630. The summed E-state index contributed by atoms with van der Waals surface area (Å²) < 4.78 is 11.7. The van der Waals surface area contributed by atoms with E-state index >= 15 is 0 Å². The standard InChI is InChI=1S/C27H35N3O3S/c31-26(29-23-20-13-18-12-19(15-20)16-21(23)14-18)24-25(34-22-4-2-1-3-5-22)27(30-33-24)32-11-8-17-6-9-28-10-7-17/h1-5,17-21,23,28H,6-16H2,(H,29,31). The highest BCUT2D eigenvalue weighted by Crippen LogP contribution is 2.53. The van der Waals surface area contributed by atoms with Crippen LogP contribution in [0.15, 0.2) is 44.6 Å². The largest absolute Gasteiger partial charge is 0.475 e. The van der Waals surface area contributed by atoms with Crippen molar-refractivity contribution in [1.82, 2.24) is 15.8 Å². The Morgan fingerprint density at radius 2 is 1.76 bits per heavy atom. The van der Waals surface area contributed by atoms with Crippen LogP contribution in [0.5, 0.6) is 5.88 Å². The van der Waals surface area contributed by atoms with Gasteiger partial charge in [-0.25, -0.2) is 0 Å². The zero-order chi connectivity index (χ0) is 22.9. The summed E-state index contributed by atoms with van der Waals surface area (Å²) in [4.78, 5) is 15.2. The number of benzene rings is 1. The normalized spacial score (nSPS) is 30.4. The highest BCUT2D eigenvalue weighted by atomic mass is 32.2. The lowest BCUT2D eigenvalue weighted by Gasteiger charge is -2.54. The summed E-state index contributed by atoms with van der Waals surface area (Å²) in [6, 6.07) is 10.3. The van der Waals surface area contributed by atoms with Crippen LogP contribution in [-0.2, 0) is 0 Å². The fourth-order valence-electron chi connectivity index (χ4n) is 7.07. The van der Waals surface area contributed by atoms with E-state index in [1.807, 2.05) is 30.3 Å². The topological polar surface area (TPSA) is 76.4 Å². The average Bonchev–Trinajstić information content (AvgIpc) is 3.24. The summed E-state index contributed by atoms with van der Waals surface area (Å²) >= 11 is 1.50. The van der Waals surface area contributed by atoms with Gasteiger partial charge in [-0.1, -0.05) is 30.0 Å². The molecular weight excluding hydrogens is 446 g/mol. The molecule has 0 radical (unpaired) electrons. The Morgan fingerprint density at radius 1 is 1.06 bits per heavy atom. The Morgan fingerprint density at radius 3 is 2.47 bits per heavy atom.